The van der Waals surface area contributed by atoms with E-state index in [4.69, 9.17) is 5.73 Å². The Morgan fingerprint density at radius 3 is 2.35 bits per heavy atom. The number of nitrogens with zero attached hydrogens (tertiary/aromatic N) is 1. The zero-order valence-corrected chi connectivity index (χ0v) is 10.0. The predicted molar refractivity (Wildman–Crippen MR) is 65.1 cm³/mol. The maximum Gasteiger partial charge on any atom is 0.149 e. The first-order chi connectivity index (χ1) is 8.11. The van der Waals surface area contributed by atoms with E-state index in [1.54, 1.807) is 11.9 Å². The molecule has 0 atom stereocenters. The molecule has 1 aliphatic carbocycles. The Bertz CT molecular complexity index is 379. The largest absolute Gasteiger partial charge is 0.370 e. The van der Waals surface area contributed by atoms with E-state index >= 15 is 0 Å². The zero-order valence-electron chi connectivity index (χ0n) is 10.0. The summed E-state index contributed by atoms with van der Waals surface area (Å²) in [6.45, 7) is 1.13. The van der Waals surface area contributed by atoms with Crippen LogP contribution in [0.3, 0.4) is 0 Å². The Balaban J connectivity index is 2.20. The van der Waals surface area contributed by atoms with Gasteiger partial charge >= 0.3 is 0 Å². The third-order valence-electron chi connectivity index (χ3n) is 3.12. The van der Waals surface area contributed by atoms with Gasteiger partial charge < -0.3 is 10.6 Å². The van der Waals surface area contributed by atoms with Crippen molar-refractivity contribution in [3.8, 4) is 0 Å². The lowest BCUT2D eigenvalue weighted by Gasteiger charge is -2.21. The number of halogens is 2. The first-order valence-electron chi connectivity index (χ1n) is 6.01. The third kappa shape index (κ3) is 2.94. The van der Waals surface area contributed by atoms with Crippen molar-refractivity contribution >= 4 is 5.69 Å². The number of anilines is 1. The van der Waals surface area contributed by atoms with E-state index in [0.29, 0.717) is 24.4 Å². The van der Waals surface area contributed by atoms with Crippen LogP contribution in [0.5, 0.6) is 0 Å². The van der Waals surface area contributed by atoms with Crippen LogP contribution in [0.2, 0.25) is 0 Å². The van der Waals surface area contributed by atoms with Crippen molar-refractivity contribution in [3.63, 3.8) is 0 Å². The molecule has 1 aliphatic rings. The van der Waals surface area contributed by atoms with Crippen LogP contribution in [0.1, 0.15) is 18.4 Å². The van der Waals surface area contributed by atoms with Crippen molar-refractivity contribution in [3.05, 3.63) is 29.3 Å². The monoisotopic (exact) mass is 240 g/mol. The van der Waals surface area contributed by atoms with Crippen molar-refractivity contribution in [1.82, 2.24) is 0 Å². The second kappa shape index (κ2) is 5.00. The molecule has 2 nitrogen and oxygen atoms in total. The molecule has 0 aromatic heterocycles. The molecule has 1 fully saturated rings. The van der Waals surface area contributed by atoms with Gasteiger partial charge in [0.1, 0.15) is 17.3 Å². The van der Waals surface area contributed by atoms with Crippen LogP contribution in [0.4, 0.5) is 14.5 Å². The van der Waals surface area contributed by atoms with Crippen LogP contribution in [-0.4, -0.2) is 20.1 Å². The highest BCUT2D eigenvalue weighted by molar-refractivity contribution is 5.50. The standard InChI is InChI=1S/C13H18F2N2/c1-17(8-9-2-3-9)13-11(14)6-10(4-5-16)7-12(13)15/h6-7,9H,2-5,8,16H2,1H3. The van der Waals surface area contributed by atoms with Crippen LogP contribution in [0, 0.1) is 17.6 Å². The van der Waals surface area contributed by atoms with Crippen LogP contribution >= 0.6 is 0 Å². The highest BCUT2D eigenvalue weighted by Crippen LogP contribution is 2.32. The predicted octanol–water partition coefficient (Wildman–Crippen LogP) is 2.31. The summed E-state index contributed by atoms with van der Waals surface area (Å²) in [5, 5.41) is 0. The topological polar surface area (TPSA) is 29.3 Å². The fraction of sp³-hybridized carbons (Fsp3) is 0.538. The lowest BCUT2D eigenvalue weighted by Crippen LogP contribution is -2.22. The van der Waals surface area contributed by atoms with Crippen molar-refractivity contribution in [2.45, 2.75) is 19.3 Å². The average molecular weight is 240 g/mol. The van der Waals surface area contributed by atoms with E-state index in [-0.39, 0.29) is 5.69 Å². The van der Waals surface area contributed by atoms with Crippen molar-refractivity contribution in [2.75, 3.05) is 25.0 Å². The van der Waals surface area contributed by atoms with Gasteiger partial charge in [0.25, 0.3) is 0 Å². The maximum absolute atomic E-state index is 13.8. The lowest BCUT2D eigenvalue weighted by molar-refractivity contribution is 0.570. The summed E-state index contributed by atoms with van der Waals surface area (Å²) in [5.74, 6) is -0.379. The summed E-state index contributed by atoms with van der Waals surface area (Å²) in [4.78, 5) is 1.68. The van der Waals surface area contributed by atoms with Gasteiger partial charge in [-0.3, -0.25) is 0 Å². The molecule has 0 amide bonds. The van der Waals surface area contributed by atoms with Crippen LogP contribution in [0.15, 0.2) is 12.1 Å². The fourth-order valence-electron chi connectivity index (χ4n) is 2.07. The third-order valence-corrected chi connectivity index (χ3v) is 3.12. The van der Waals surface area contributed by atoms with Gasteiger partial charge in [0, 0.05) is 13.6 Å². The Kier molecular flexibility index (Phi) is 3.62. The van der Waals surface area contributed by atoms with Gasteiger partial charge in [0.15, 0.2) is 0 Å². The summed E-state index contributed by atoms with van der Waals surface area (Å²) < 4.78 is 27.7. The number of rotatable bonds is 5. The Hall–Kier alpha value is -1.16. The summed E-state index contributed by atoms with van der Waals surface area (Å²) >= 11 is 0. The van der Waals surface area contributed by atoms with Crippen molar-refractivity contribution in [2.24, 2.45) is 11.7 Å². The smallest absolute Gasteiger partial charge is 0.149 e. The quantitative estimate of drug-likeness (QED) is 0.855. The molecule has 1 aromatic rings. The molecule has 0 bridgehead atoms. The number of benzene rings is 1. The fourth-order valence-corrected chi connectivity index (χ4v) is 2.07. The van der Waals surface area contributed by atoms with Gasteiger partial charge in [0.2, 0.25) is 0 Å². The molecule has 2 rings (SSSR count). The molecule has 1 aromatic carbocycles. The Labute approximate surface area is 100 Å². The Morgan fingerprint density at radius 1 is 1.29 bits per heavy atom. The molecule has 4 heteroatoms. The van der Waals surface area contributed by atoms with Gasteiger partial charge in [-0.2, -0.15) is 0 Å². The molecule has 0 radical (unpaired) electrons. The first-order valence-corrected chi connectivity index (χ1v) is 6.01. The molecule has 2 N–H and O–H groups in total. The molecular formula is C13H18F2N2. The maximum atomic E-state index is 13.8. The van der Waals surface area contributed by atoms with E-state index in [0.717, 1.165) is 6.54 Å². The summed E-state index contributed by atoms with van der Waals surface area (Å²) in [6, 6.07) is 2.77. The van der Waals surface area contributed by atoms with Crippen molar-refractivity contribution < 1.29 is 8.78 Å². The highest BCUT2D eigenvalue weighted by Gasteiger charge is 2.25. The SMILES string of the molecule is CN(CC1CC1)c1c(F)cc(CCN)cc1F. The van der Waals surface area contributed by atoms with Gasteiger partial charge in [-0.05, 0) is 49.4 Å². The van der Waals surface area contributed by atoms with Gasteiger partial charge in [-0.15, -0.1) is 0 Å². The van der Waals surface area contributed by atoms with Crippen LogP contribution in [-0.2, 0) is 6.42 Å². The van der Waals surface area contributed by atoms with Gasteiger partial charge in [-0.1, -0.05) is 0 Å². The number of hydrogen-bond acceptors (Lipinski definition) is 2. The summed E-state index contributed by atoms with van der Waals surface area (Å²) in [5.41, 5.74) is 6.08. The molecule has 17 heavy (non-hydrogen) atoms. The van der Waals surface area contributed by atoms with Crippen LogP contribution < -0.4 is 10.6 Å². The van der Waals surface area contributed by atoms with E-state index < -0.39 is 11.6 Å². The molecule has 0 aliphatic heterocycles. The lowest BCUT2D eigenvalue weighted by atomic mass is 10.1. The summed E-state index contributed by atoms with van der Waals surface area (Å²) in [6.07, 6.45) is 2.83. The second-order valence-corrected chi connectivity index (χ2v) is 4.77. The minimum absolute atomic E-state index is 0.0812. The minimum atomic E-state index is -0.489. The molecule has 0 saturated heterocycles. The van der Waals surface area contributed by atoms with Gasteiger partial charge in [0.05, 0.1) is 0 Å². The van der Waals surface area contributed by atoms with E-state index in [2.05, 4.69) is 0 Å². The van der Waals surface area contributed by atoms with E-state index in [1.165, 1.54) is 25.0 Å². The van der Waals surface area contributed by atoms with Crippen molar-refractivity contribution in [1.29, 1.82) is 0 Å². The second-order valence-electron chi connectivity index (χ2n) is 4.77. The zero-order chi connectivity index (χ0) is 12.4. The van der Waals surface area contributed by atoms with E-state index in [1.807, 2.05) is 0 Å². The Morgan fingerprint density at radius 2 is 1.88 bits per heavy atom. The molecule has 94 valence electrons. The summed E-state index contributed by atoms with van der Waals surface area (Å²) in [7, 11) is 1.74. The van der Waals surface area contributed by atoms with E-state index in [9.17, 15) is 8.78 Å². The number of hydrogen-bond donors (Lipinski definition) is 1. The minimum Gasteiger partial charge on any atom is -0.370 e. The molecular weight excluding hydrogens is 222 g/mol. The average Bonchev–Trinajstić information content (AvgIpc) is 3.00. The first kappa shape index (κ1) is 12.3. The number of nitrogens with two attached hydrogens (primary N) is 1. The molecule has 1 saturated carbocycles. The highest BCUT2D eigenvalue weighted by atomic mass is 19.1. The normalized spacial score (nSPS) is 15.1. The van der Waals surface area contributed by atoms with Crippen LogP contribution in [0.25, 0.3) is 0 Å². The molecule has 0 unspecified atom stereocenters. The molecule has 0 spiro atoms. The van der Waals surface area contributed by atoms with Gasteiger partial charge in [-0.25, -0.2) is 8.78 Å². The molecule has 0 heterocycles.